The summed E-state index contributed by atoms with van der Waals surface area (Å²) in [7, 11) is 0. The minimum atomic E-state index is -0.606. The molecule has 0 radical (unpaired) electrons. The summed E-state index contributed by atoms with van der Waals surface area (Å²) in [4.78, 5) is -0.189. The van der Waals surface area contributed by atoms with Crippen LogP contribution in [0.25, 0.3) is 0 Å². The Morgan fingerprint density at radius 1 is 0.900 bits per heavy atom. The number of rotatable bonds is 5. The third-order valence-electron chi connectivity index (χ3n) is 11.0. The standard InChI is InChI=1S/C27H49ClN2/c1-18(2)9-8-10-19(3)20-11-12-21-23-22(13-16-24(20,21)4)25(5)14-6-7-15-26(25,28)17-27(23,29)30/h18-23H,6-17,29-30H2,1-5H3/t19-,20-,21+,22+,23+,24-,25-,26?/m1/s1. The van der Waals surface area contributed by atoms with Crippen molar-refractivity contribution < 1.29 is 0 Å². The number of hydrogen-bond acceptors (Lipinski definition) is 2. The van der Waals surface area contributed by atoms with Crippen molar-refractivity contribution in [3.8, 4) is 0 Å². The normalized spacial score (nSPS) is 48.7. The molecule has 8 atom stereocenters. The van der Waals surface area contributed by atoms with Gasteiger partial charge in [0, 0.05) is 0 Å². The van der Waals surface area contributed by atoms with Crippen LogP contribution in [0.2, 0.25) is 0 Å². The van der Waals surface area contributed by atoms with Crippen LogP contribution in [0.5, 0.6) is 0 Å². The predicted molar refractivity (Wildman–Crippen MR) is 129 cm³/mol. The lowest BCUT2D eigenvalue weighted by molar-refractivity contribution is -0.139. The van der Waals surface area contributed by atoms with Gasteiger partial charge in [0.1, 0.15) is 0 Å². The van der Waals surface area contributed by atoms with Crippen molar-refractivity contribution in [3.63, 3.8) is 0 Å². The summed E-state index contributed by atoms with van der Waals surface area (Å²) in [5.41, 5.74) is 14.1. The highest BCUT2D eigenvalue weighted by molar-refractivity contribution is 6.24. The summed E-state index contributed by atoms with van der Waals surface area (Å²) >= 11 is 7.40. The minimum absolute atomic E-state index is 0.189. The van der Waals surface area contributed by atoms with E-state index in [0.717, 1.165) is 30.6 Å². The molecule has 0 amide bonds. The van der Waals surface area contributed by atoms with Crippen LogP contribution in [0.3, 0.4) is 0 Å². The van der Waals surface area contributed by atoms with Crippen LogP contribution >= 0.6 is 11.6 Å². The number of fused-ring (bicyclic) bond motifs is 5. The van der Waals surface area contributed by atoms with Gasteiger partial charge in [0.25, 0.3) is 0 Å². The molecule has 3 heteroatoms. The molecule has 2 nitrogen and oxygen atoms in total. The molecule has 4 N–H and O–H groups in total. The summed E-state index contributed by atoms with van der Waals surface area (Å²) in [5, 5.41) is 0. The second kappa shape index (κ2) is 7.91. The maximum atomic E-state index is 7.40. The zero-order valence-corrected chi connectivity index (χ0v) is 21.2. The lowest BCUT2D eigenvalue weighted by Gasteiger charge is -2.67. The molecule has 0 saturated heterocycles. The van der Waals surface area contributed by atoms with Gasteiger partial charge in [-0.2, -0.15) is 0 Å². The number of alkyl halides is 1. The second-order valence-corrected chi connectivity index (χ2v) is 13.9. The highest BCUT2D eigenvalue weighted by atomic mass is 35.5. The van der Waals surface area contributed by atoms with Gasteiger partial charge in [-0.3, -0.25) is 0 Å². The SMILES string of the molecule is CC(C)CCC[C@@H](C)[C@H]1CC[C@H]2[C@H]3[C@H](CC[C@]12C)[C@@]1(C)CCCCC1(Cl)CC3(N)N. The number of hydrogen-bond donors (Lipinski definition) is 2. The quantitative estimate of drug-likeness (QED) is 0.357. The molecule has 0 aromatic heterocycles. The molecule has 174 valence electrons. The van der Waals surface area contributed by atoms with Crippen molar-refractivity contribution in [2.75, 3.05) is 0 Å². The predicted octanol–water partition coefficient (Wildman–Crippen LogP) is 7.08. The van der Waals surface area contributed by atoms with Crippen LogP contribution in [0.15, 0.2) is 0 Å². The molecule has 0 aromatic rings. The zero-order chi connectivity index (χ0) is 21.9. The molecule has 0 bridgehead atoms. The smallest absolute Gasteiger partial charge is 0.0688 e. The van der Waals surface area contributed by atoms with E-state index in [1.165, 1.54) is 64.2 Å². The van der Waals surface area contributed by atoms with E-state index in [-0.39, 0.29) is 10.3 Å². The fourth-order valence-electron chi connectivity index (χ4n) is 9.45. The van der Waals surface area contributed by atoms with Gasteiger partial charge in [0.2, 0.25) is 0 Å². The Kier molecular flexibility index (Phi) is 6.16. The molecule has 4 aliphatic rings. The van der Waals surface area contributed by atoms with E-state index in [9.17, 15) is 0 Å². The number of nitrogens with two attached hydrogens (primary N) is 2. The molecule has 4 fully saturated rings. The highest BCUT2D eigenvalue weighted by Crippen LogP contribution is 2.71. The van der Waals surface area contributed by atoms with Gasteiger partial charge in [0.05, 0.1) is 10.5 Å². The Hall–Kier alpha value is 0.210. The third kappa shape index (κ3) is 3.50. The van der Waals surface area contributed by atoms with Crippen molar-refractivity contribution in [3.05, 3.63) is 0 Å². The second-order valence-electron chi connectivity index (χ2n) is 13.1. The van der Waals surface area contributed by atoms with Crippen molar-refractivity contribution >= 4 is 11.6 Å². The molecule has 0 heterocycles. The van der Waals surface area contributed by atoms with Gasteiger partial charge < -0.3 is 11.5 Å². The van der Waals surface area contributed by atoms with E-state index in [2.05, 4.69) is 34.6 Å². The van der Waals surface area contributed by atoms with Gasteiger partial charge in [-0.1, -0.05) is 66.7 Å². The Balaban J connectivity index is 1.58. The lowest BCUT2D eigenvalue weighted by atomic mass is 9.42. The molecule has 0 spiro atoms. The number of halogens is 1. The van der Waals surface area contributed by atoms with E-state index in [0.29, 0.717) is 23.2 Å². The van der Waals surface area contributed by atoms with Crippen LogP contribution in [0.4, 0.5) is 0 Å². The topological polar surface area (TPSA) is 52.0 Å². The van der Waals surface area contributed by atoms with E-state index in [1.807, 2.05) is 0 Å². The molecule has 0 aromatic carbocycles. The molecular weight excluding hydrogens is 388 g/mol. The van der Waals surface area contributed by atoms with Crippen LogP contribution in [-0.2, 0) is 0 Å². The molecule has 1 unspecified atom stereocenters. The maximum Gasteiger partial charge on any atom is 0.0688 e. The first-order chi connectivity index (χ1) is 13.9. The first-order valence-electron chi connectivity index (χ1n) is 13.2. The van der Waals surface area contributed by atoms with Crippen LogP contribution in [0, 0.1) is 46.3 Å². The van der Waals surface area contributed by atoms with Crippen molar-refractivity contribution in [1.82, 2.24) is 0 Å². The Labute approximate surface area is 191 Å². The summed E-state index contributed by atoms with van der Waals surface area (Å²) in [6, 6.07) is 0. The average molecular weight is 437 g/mol. The Morgan fingerprint density at radius 2 is 1.60 bits per heavy atom. The average Bonchev–Trinajstić information content (AvgIpc) is 2.99. The zero-order valence-electron chi connectivity index (χ0n) is 20.5. The van der Waals surface area contributed by atoms with E-state index in [1.54, 1.807) is 0 Å². The molecule has 30 heavy (non-hydrogen) atoms. The summed E-state index contributed by atoms with van der Waals surface area (Å²) in [6.45, 7) is 12.4. The van der Waals surface area contributed by atoms with Crippen molar-refractivity contribution in [2.24, 2.45) is 57.8 Å². The van der Waals surface area contributed by atoms with Gasteiger partial charge in [-0.05, 0) is 91.3 Å². The summed E-state index contributed by atoms with van der Waals surface area (Å²) in [6.07, 6.45) is 15.2. The van der Waals surface area contributed by atoms with Gasteiger partial charge in [0.15, 0.2) is 0 Å². The Bertz CT molecular complexity index is 632. The van der Waals surface area contributed by atoms with Crippen LogP contribution in [-0.4, -0.2) is 10.5 Å². The van der Waals surface area contributed by atoms with E-state index >= 15 is 0 Å². The van der Waals surface area contributed by atoms with Crippen LogP contribution < -0.4 is 11.5 Å². The van der Waals surface area contributed by atoms with Crippen molar-refractivity contribution in [2.45, 2.75) is 122 Å². The highest BCUT2D eigenvalue weighted by Gasteiger charge is 2.68. The largest absolute Gasteiger partial charge is 0.313 e. The summed E-state index contributed by atoms with van der Waals surface area (Å²) in [5.74, 6) is 4.22. The first-order valence-corrected chi connectivity index (χ1v) is 13.6. The molecule has 4 saturated carbocycles. The molecule has 0 aliphatic heterocycles. The molecular formula is C27H49ClN2. The van der Waals surface area contributed by atoms with Gasteiger partial charge in [-0.25, -0.2) is 0 Å². The maximum absolute atomic E-state index is 7.40. The summed E-state index contributed by atoms with van der Waals surface area (Å²) < 4.78 is 0. The Morgan fingerprint density at radius 3 is 2.30 bits per heavy atom. The lowest BCUT2D eigenvalue weighted by Crippen LogP contribution is -2.74. The molecule has 4 aliphatic carbocycles. The van der Waals surface area contributed by atoms with Crippen molar-refractivity contribution in [1.29, 1.82) is 0 Å². The van der Waals surface area contributed by atoms with E-state index < -0.39 is 5.66 Å². The van der Waals surface area contributed by atoms with Crippen LogP contribution in [0.1, 0.15) is 112 Å². The van der Waals surface area contributed by atoms with E-state index in [4.69, 9.17) is 23.1 Å². The fraction of sp³-hybridized carbons (Fsp3) is 1.00. The fourth-order valence-corrected chi connectivity index (χ4v) is 10.0. The van der Waals surface area contributed by atoms with Gasteiger partial charge in [-0.15, -0.1) is 11.6 Å². The monoisotopic (exact) mass is 436 g/mol. The minimum Gasteiger partial charge on any atom is -0.313 e. The first kappa shape index (κ1) is 23.4. The van der Waals surface area contributed by atoms with Gasteiger partial charge >= 0.3 is 0 Å². The third-order valence-corrected chi connectivity index (χ3v) is 11.8. The molecule has 4 rings (SSSR count).